The summed E-state index contributed by atoms with van der Waals surface area (Å²) in [5.41, 5.74) is -1.50. The van der Waals surface area contributed by atoms with Gasteiger partial charge in [0.2, 0.25) is 0 Å². The second-order valence-electron chi connectivity index (χ2n) is 15.7. The molecule has 0 aliphatic heterocycles. The molecule has 0 rings (SSSR count). The summed E-state index contributed by atoms with van der Waals surface area (Å²) in [6, 6.07) is 0. The summed E-state index contributed by atoms with van der Waals surface area (Å²) in [6.45, 7) is 75.0. The van der Waals surface area contributed by atoms with Gasteiger partial charge in [-0.25, -0.2) is 0 Å². The van der Waals surface area contributed by atoms with E-state index in [4.69, 9.17) is 44.7 Å². The van der Waals surface area contributed by atoms with Gasteiger partial charge in [-0.05, 0) is 67.4 Å². The molecule has 624 valence electrons. The van der Waals surface area contributed by atoms with E-state index in [1.807, 2.05) is 149 Å². The SMILES string of the molecule is C.C.CB(O)O.CB(O)O.CC.CC.CC.CC.CC.CC.CC.CC(=O)O.CC(C)(C)[O-].CC(C)(C)[O-].CC=CC.CC=CC.CC=O.CC=O.CCC.CCCC.CCCCC.CCCCCC.CF.CO.COC(C)(F)F.COC(C)=O.COC(C)=O.COC(C)=S.[CH3-].[K+].[K+].[Pd]. The maximum atomic E-state index is 11.2. The van der Waals surface area contributed by atoms with Gasteiger partial charge in [-0.2, -0.15) is 8.78 Å². The number of aliphatic hydroxyl groups is 1. The summed E-state index contributed by atoms with van der Waals surface area (Å²) < 4.78 is 48.3. The van der Waals surface area contributed by atoms with Crippen LogP contribution in [0.5, 0.6) is 0 Å². The number of esters is 2. The van der Waals surface area contributed by atoms with Crippen molar-refractivity contribution in [1.82, 2.24) is 0 Å². The molecular formula is C73H184B2F3K2O17PdS-. The molecule has 26 heteroatoms. The second kappa shape index (κ2) is 293. The Balaban J connectivity index is -0.0000000158. The van der Waals surface area contributed by atoms with Crippen LogP contribution in [-0.4, -0.2) is 140 Å². The van der Waals surface area contributed by atoms with E-state index >= 15 is 0 Å². The maximum Gasteiger partial charge on any atom is 1.00 e. The van der Waals surface area contributed by atoms with Crippen LogP contribution < -0.4 is 113 Å². The molecule has 0 aromatic rings. The van der Waals surface area contributed by atoms with Gasteiger partial charge in [0.15, 0.2) is 5.05 Å². The predicted molar refractivity (Wildman–Crippen MR) is 434 cm³/mol. The number of hydrogen-bond acceptors (Lipinski definition) is 17. The Labute approximate surface area is 728 Å². The first-order valence-corrected chi connectivity index (χ1v) is 33.5. The number of ether oxygens (including phenoxy) is 4. The monoisotopic (exact) mass is 1630 g/mol. The van der Waals surface area contributed by atoms with E-state index in [1.54, 1.807) is 55.6 Å². The van der Waals surface area contributed by atoms with E-state index in [9.17, 15) is 33.0 Å². The Bertz CT molecular complexity index is 941. The van der Waals surface area contributed by atoms with E-state index in [2.05, 4.69) is 86.6 Å². The van der Waals surface area contributed by atoms with Crippen LogP contribution in [0.2, 0.25) is 13.6 Å². The molecule has 0 spiro atoms. The standard InChI is InChI=1S/C6H14.C5H12.2C4H9O.C4H10.2C4H8.C3H6F2O.2C3H6O2.C3H6OS.C3H8.C2H4O2.2C2H4O.7C2H6.2CH5BO2.CH3F.CH4O.2CH4.CH3.2K.Pd/c1-3-5-6-4-2;1-3-5-4-2;2*1-4(2,3)5;3*1-3-4-2;1-3(4,5)6-2;2*1-3(4)5-2;1-3(5)4-2;1-3-2;1-2(3)4;2*1-2-3;7*1-2;2*1-2(3)4;2*1-2;;;;;;/h3-6H2,1-2H3;3-5H2,1-2H3;2*1-3H3;3-4H2,1-2H3;2*3-4H,1-2H3;1-2H3;3*1-2H3;3H2,1-2H3;1H3,(H,3,4);2*2H,1H3;7*1-2H3;2*3-4H,1H3;1H3;2H,1H3;2*1H4;1H3;;;/q;;2*-1;;;;;;;;;;;;;;;;;;;;;;;;;-1;2*+1;. The number of aldehydes is 2. The minimum atomic E-state index is -2.96. The van der Waals surface area contributed by atoms with Gasteiger partial charge in [0.05, 0.1) is 28.5 Å². The molecule has 6 N–H and O–H groups in total. The molecule has 0 aliphatic rings. The predicted octanol–water partition coefficient (Wildman–Crippen LogP) is 15.8. The normalized spacial score (nSPS) is 6.80. The number of carboxylic acid groups (broad SMARTS) is 1. The molecule has 0 atom stereocenters. The van der Waals surface area contributed by atoms with Crippen LogP contribution >= 0.6 is 12.2 Å². The number of aliphatic hydroxyl groups excluding tert-OH is 1. The first-order valence-electron chi connectivity index (χ1n) is 33.0. The average Bonchev–Trinajstić information content (AvgIpc) is 3.51. The van der Waals surface area contributed by atoms with E-state index in [1.165, 1.54) is 120 Å². The van der Waals surface area contributed by atoms with Gasteiger partial charge in [-0.15, -0.1) is 11.2 Å². The zero-order chi connectivity index (χ0) is 83.1. The van der Waals surface area contributed by atoms with E-state index in [0.29, 0.717) is 19.2 Å². The largest absolute Gasteiger partial charge is 1.00 e. The van der Waals surface area contributed by atoms with Crippen LogP contribution in [0, 0.1) is 7.43 Å². The molecule has 99 heavy (non-hydrogen) atoms. The summed E-state index contributed by atoms with van der Waals surface area (Å²) >= 11 is 4.47. The number of unbranched alkanes of at least 4 members (excludes halogenated alkanes) is 6. The molecule has 0 amide bonds. The van der Waals surface area contributed by atoms with Crippen molar-refractivity contribution in [2.45, 2.75) is 380 Å². The molecule has 0 bridgehead atoms. The van der Waals surface area contributed by atoms with Gasteiger partial charge in [0.25, 0.3) is 5.97 Å². The van der Waals surface area contributed by atoms with Crippen molar-refractivity contribution in [2.75, 3.05) is 42.7 Å². The van der Waals surface area contributed by atoms with Gasteiger partial charge < -0.3 is 76.5 Å². The molecule has 0 saturated carbocycles. The third-order valence-electron chi connectivity index (χ3n) is 4.05. The van der Waals surface area contributed by atoms with Gasteiger partial charge in [-0.1, -0.05) is 297 Å². The average molecular weight is 1630 g/mol. The molecule has 0 aromatic carbocycles. The van der Waals surface area contributed by atoms with Gasteiger partial charge in [-0.3, -0.25) is 18.8 Å². The zero-order valence-electron chi connectivity index (χ0n) is 74.2. The van der Waals surface area contributed by atoms with E-state index in [-0.39, 0.29) is 157 Å². The Morgan fingerprint density at radius 3 is 0.545 bits per heavy atom. The molecule has 0 saturated heterocycles. The van der Waals surface area contributed by atoms with Gasteiger partial charge in [0.1, 0.15) is 12.6 Å². The van der Waals surface area contributed by atoms with Crippen molar-refractivity contribution in [3.63, 3.8) is 0 Å². The summed E-state index contributed by atoms with van der Waals surface area (Å²) in [4.78, 5) is 45.8. The third-order valence-corrected chi connectivity index (χ3v) is 4.22. The van der Waals surface area contributed by atoms with Crippen LogP contribution in [0.4, 0.5) is 13.2 Å². The molecule has 0 radical (unpaired) electrons. The van der Waals surface area contributed by atoms with Crippen LogP contribution in [0.25, 0.3) is 0 Å². The second-order valence-corrected chi connectivity index (χ2v) is 16.3. The summed E-state index contributed by atoms with van der Waals surface area (Å²) in [7, 11) is 4.38. The quantitative estimate of drug-likeness (QED) is 0.0263. The molecule has 0 aromatic heterocycles. The molecular weight excluding hydrogens is 1440 g/mol. The third kappa shape index (κ3) is 2960. The molecule has 17 nitrogen and oxygen atoms in total. The first kappa shape index (κ1) is 212. The van der Waals surface area contributed by atoms with Crippen LogP contribution in [0.1, 0.15) is 349 Å². The van der Waals surface area contributed by atoms with Gasteiger partial charge >= 0.3 is 135 Å². The number of methoxy groups -OCH3 is 4. The van der Waals surface area contributed by atoms with E-state index < -0.39 is 37.5 Å². The van der Waals surface area contributed by atoms with Crippen molar-refractivity contribution in [3.05, 3.63) is 31.7 Å². The Kier molecular flexibility index (Phi) is 627. The fourth-order valence-electron chi connectivity index (χ4n) is 0.854. The fourth-order valence-corrected chi connectivity index (χ4v) is 0.854. The fraction of sp³-hybridized carbons (Fsp3) is 0.849. The number of carbonyl (C=O) groups excluding carboxylic acids is 4. The smallest absolute Gasteiger partial charge is 0.850 e. The topological polar surface area (TPSA) is 290 Å². The number of hydrogen-bond donors (Lipinski definition) is 6. The minimum Gasteiger partial charge on any atom is -0.850 e. The Hall–Kier alpha value is 0.655. The number of rotatable bonds is 7. The number of alkyl halides is 3. The summed E-state index contributed by atoms with van der Waals surface area (Å²) in [6.07, 6.45) is 20.0. The van der Waals surface area contributed by atoms with Crippen molar-refractivity contribution in [1.29, 1.82) is 0 Å². The van der Waals surface area contributed by atoms with E-state index in [0.717, 1.165) is 33.7 Å². The van der Waals surface area contributed by atoms with Crippen LogP contribution in [-0.2, 0) is 63.3 Å². The molecule has 0 fully saturated rings. The van der Waals surface area contributed by atoms with Crippen LogP contribution in [0.15, 0.2) is 24.3 Å². The number of carbonyl (C=O) groups is 5. The maximum absolute atomic E-state index is 11.2. The Morgan fingerprint density at radius 2 is 0.535 bits per heavy atom. The zero-order valence-corrected chi connectivity index (χ0v) is 82.8. The number of halogens is 3. The summed E-state index contributed by atoms with van der Waals surface area (Å²) in [5.74, 6) is -1.32. The molecule has 0 aliphatic carbocycles. The number of allylic oxidation sites excluding steroid dienone is 4. The molecule has 0 heterocycles. The Morgan fingerprint density at radius 1 is 0.455 bits per heavy atom. The number of aliphatic carboxylic acids is 1. The van der Waals surface area contributed by atoms with Crippen molar-refractivity contribution >= 4 is 62.0 Å². The van der Waals surface area contributed by atoms with Crippen molar-refractivity contribution in [3.8, 4) is 0 Å². The number of carboxylic acids is 1. The number of thiocarbonyl (C=S) groups is 1. The van der Waals surface area contributed by atoms with Crippen LogP contribution in [0.3, 0.4) is 0 Å². The first-order chi connectivity index (χ1) is 42.9. The van der Waals surface area contributed by atoms with Crippen molar-refractivity contribution in [2.24, 2.45) is 0 Å². The minimum absolute atomic E-state index is 0. The van der Waals surface area contributed by atoms with Crippen molar-refractivity contribution < 1.29 is 220 Å². The van der Waals surface area contributed by atoms with Gasteiger partial charge in [0, 0.05) is 69.3 Å². The molecule has 0 unspecified atom stereocenters. The summed E-state index contributed by atoms with van der Waals surface area (Å²) in [5, 5.41) is 65.7.